The zero-order valence-electron chi connectivity index (χ0n) is 19.7. The van der Waals surface area contributed by atoms with E-state index in [4.69, 9.17) is 9.47 Å². The summed E-state index contributed by atoms with van der Waals surface area (Å²) in [5.41, 5.74) is 2.43. The van der Waals surface area contributed by atoms with Gasteiger partial charge in [-0.15, -0.1) is 0 Å². The van der Waals surface area contributed by atoms with Crippen LogP contribution in [0.5, 0.6) is 11.5 Å². The van der Waals surface area contributed by atoms with Gasteiger partial charge in [-0.25, -0.2) is 0 Å². The van der Waals surface area contributed by atoms with Gasteiger partial charge < -0.3 is 24.6 Å². The van der Waals surface area contributed by atoms with Crippen LogP contribution in [0.3, 0.4) is 0 Å². The lowest BCUT2D eigenvalue weighted by atomic mass is 9.93. The Kier molecular flexibility index (Phi) is 6.90. The molecule has 1 amide bonds. The first kappa shape index (κ1) is 23.8. The van der Waals surface area contributed by atoms with Crippen molar-refractivity contribution in [3.63, 3.8) is 0 Å². The summed E-state index contributed by atoms with van der Waals surface area (Å²) in [6.45, 7) is 7.35. The fraction of sp³-hybridized carbons (Fsp3) is 0.385. The summed E-state index contributed by atoms with van der Waals surface area (Å²) >= 11 is 0. The normalized spacial score (nSPS) is 20.7. The van der Waals surface area contributed by atoms with Crippen LogP contribution in [0.4, 0.5) is 0 Å². The van der Waals surface area contributed by atoms with Crippen molar-refractivity contribution in [1.29, 1.82) is 0 Å². The number of benzene rings is 2. The summed E-state index contributed by atoms with van der Waals surface area (Å²) in [7, 11) is 1.54. The van der Waals surface area contributed by atoms with Crippen LogP contribution in [-0.4, -0.2) is 78.2 Å². The number of aryl methyl sites for hydroxylation is 2. The van der Waals surface area contributed by atoms with Gasteiger partial charge in [-0.05, 0) is 54.8 Å². The topological polar surface area (TPSA) is 99.5 Å². The van der Waals surface area contributed by atoms with Crippen molar-refractivity contribution < 1.29 is 29.3 Å². The van der Waals surface area contributed by atoms with E-state index in [0.29, 0.717) is 37.6 Å². The number of ether oxygens (including phenoxy) is 2. The molecule has 2 heterocycles. The van der Waals surface area contributed by atoms with E-state index >= 15 is 0 Å². The average molecular weight is 467 g/mol. The SMILES string of the molecule is COc1cccc([C@H]2C(=C(O)c3cc(C)c(C)cc3O)C(=O)C(=O)N2CCN2CCOCC2)c1. The highest BCUT2D eigenvalue weighted by atomic mass is 16.5. The van der Waals surface area contributed by atoms with Crippen LogP contribution >= 0.6 is 0 Å². The van der Waals surface area contributed by atoms with Crippen molar-refractivity contribution in [2.24, 2.45) is 0 Å². The number of likely N-dealkylation sites (tertiary alicyclic amines) is 1. The molecule has 0 aliphatic carbocycles. The van der Waals surface area contributed by atoms with Gasteiger partial charge in [0.15, 0.2) is 0 Å². The molecule has 2 N–H and O–H groups in total. The highest BCUT2D eigenvalue weighted by Crippen LogP contribution is 2.41. The molecule has 180 valence electrons. The maximum absolute atomic E-state index is 13.2. The van der Waals surface area contributed by atoms with E-state index in [0.717, 1.165) is 24.2 Å². The van der Waals surface area contributed by atoms with Crippen LogP contribution < -0.4 is 4.74 Å². The zero-order chi connectivity index (χ0) is 24.4. The van der Waals surface area contributed by atoms with E-state index in [1.807, 2.05) is 13.8 Å². The predicted molar refractivity (Wildman–Crippen MR) is 127 cm³/mol. The first-order valence-corrected chi connectivity index (χ1v) is 11.3. The molecule has 0 spiro atoms. The number of phenolic OH excluding ortho intramolecular Hbond substituents is 1. The smallest absolute Gasteiger partial charge is 0.295 e. The Hall–Kier alpha value is -3.36. The van der Waals surface area contributed by atoms with Crippen molar-refractivity contribution in [3.05, 3.63) is 64.2 Å². The molecular weight excluding hydrogens is 436 g/mol. The fourth-order valence-electron chi connectivity index (χ4n) is 4.48. The van der Waals surface area contributed by atoms with Gasteiger partial charge in [0.2, 0.25) is 0 Å². The Bertz CT molecular complexity index is 1140. The Morgan fingerprint density at radius 2 is 1.79 bits per heavy atom. The van der Waals surface area contributed by atoms with Crippen molar-refractivity contribution in [2.45, 2.75) is 19.9 Å². The number of aromatic hydroxyl groups is 1. The van der Waals surface area contributed by atoms with Crippen molar-refractivity contribution >= 4 is 17.4 Å². The van der Waals surface area contributed by atoms with Gasteiger partial charge in [-0.2, -0.15) is 0 Å². The van der Waals surface area contributed by atoms with E-state index in [2.05, 4.69) is 4.90 Å². The summed E-state index contributed by atoms with van der Waals surface area (Å²) in [5, 5.41) is 21.8. The molecule has 0 unspecified atom stereocenters. The summed E-state index contributed by atoms with van der Waals surface area (Å²) in [5.74, 6) is -1.41. The lowest BCUT2D eigenvalue weighted by Gasteiger charge is -2.31. The summed E-state index contributed by atoms with van der Waals surface area (Å²) in [6, 6.07) is 9.48. The van der Waals surface area contributed by atoms with Crippen LogP contribution in [0.15, 0.2) is 42.0 Å². The number of carbonyl (C=O) groups is 2. The van der Waals surface area contributed by atoms with Gasteiger partial charge in [0.05, 0.1) is 37.5 Å². The molecule has 2 aliphatic heterocycles. The number of Topliss-reactive ketones (excluding diaryl/α,β-unsaturated/α-hetero) is 1. The van der Waals surface area contributed by atoms with Gasteiger partial charge >= 0.3 is 0 Å². The molecule has 2 fully saturated rings. The predicted octanol–water partition coefficient (Wildman–Crippen LogP) is 2.77. The number of hydrogen-bond acceptors (Lipinski definition) is 7. The highest BCUT2D eigenvalue weighted by Gasteiger charge is 2.46. The molecular formula is C26H30N2O6. The molecule has 2 aromatic carbocycles. The molecule has 2 saturated heterocycles. The second-order valence-corrected chi connectivity index (χ2v) is 8.68. The second kappa shape index (κ2) is 9.87. The first-order chi connectivity index (χ1) is 16.3. The molecule has 1 atom stereocenters. The highest BCUT2D eigenvalue weighted by molar-refractivity contribution is 6.46. The Balaban J connectivity index is 1.80. The van der Waals surface area contributed by atoms with Crippen molar-refractivity contribution in [2.75, 3.05) is 46.5 Å². The van der Waals surface area contributed by atoms with Crippen LogP contribution in [0.1, 0.15) is 28.3 Å². The number of morpholine rings is 1. The van der Waals surface area contributed by atoms with Crippen LogP contribution in [0.2, 0.25) is 0 Å². The number of methoxy groups -OCH3 is 1. The number of hydrogen-bond donors (Lipinski definition) is 2. The monoisotopic (exact) mass is 466 g/mol. The largest absolute Gasteiger partial charge is 0.507 e. The van der Waals surface area contributed by atoms with Crippen LogP contribution in [0, 0.1) is 13.8 Å². The second-order valence-electron chi connectivity index (χ2n) is 8.68. The minimum atomic E-state index is -0.808. The number of aliphatic hydroxyl groups excluding tert-OH is 1. The number of amides is 1. The third-order valence-corrected chi connectivity index (χ3v) is 6.58. The fourth-order valence-corrected chi connectivity index (χ4v) is 4.48. The van der Waals surface area contributed by atoms with Gasteiger partial charge in [-0.3, -0.25) is 14.5 Å². The van der Waals surface area contributed by atoms with Crippen molar-refractivity contribution in [3.8, 4) is 11.5 Å². The minimum Gasteiger partial charge on any atom is -0.507 e. The van der Waals surface area contributed by atoms with Crippen molar-refractivity contribution in [1.82, 2.24) is 9.80 Å². The first-order valence-electron chi connectivity index (χ1n) is 11.3. The summed E-state index contributed by atoms with van der Waals surface area (Å²) in [4.78, 5) is 30.1. The Morgan fingerprint density at radius 3 is 2.50 bits per heavy atom. The molecule has 0 bridgehead atoms. The van der Waals surface area contributed by atoms with E-state index in [1.165, 1.54) is 4.90 Å². The molecule has 2 aromatic rings. The average Bonchev–Trinajstić information content (AvgIpc) is 3.10. The van der Waals surface area contributed by atoms with Crippen LogP contribution in [0.25, 0.3) is 5.76 Å². The molecule has 8 nitrogen and oxygen atoms in total. The zero-order valence-corrected chi connectivity index (χ0v) is 19.7. The number of ketones is 1. The van der Waals surface area contributed by atoms with Gasteiger partial charge in [0.1, 0.15) is 17.3 Å². The Morgan fingerprint density at radius 1 is 1.09 bits per heavy atom. The maximum atomic E-state index is 13.2. The Labute approximate surface area is 199 Å². The number of aliphatic hydroxyl groups is 1. The molecule has 2 aliphatic rings. The molecule has 4 rings (SSSR count). The number of phenols is 1. The third-order valence-electron chi connectivity index (χ3n) is 6.58. The lowest BCUT2D eigenvalue weighted by molar-refractivity contribution is -0.140. The molecule has 0 radical (unpaired) electrons. The number of rotatable bonds is 6. The van der Waals surface area contributed by atoms with Gasteiger partial charge in [0, 0.05) is 26.2 Å². The van der Waals surface area contributed by atoms with E-state index < -0.39 is 17.7 Å². The minimum absolute atomic E-state index is 0.0428. The standard InChI is InChI=1S/C26H30N2O6/c1-16-13-20(21(29)14-17(16)2)24(30)22-23(18-5-4-6-19(15-18)33-3)28(26(32)25(22)31)8-7-27-9-11-34-12-10-27/h4-6,13-15,23,29-30H,7-12H2,1-3H3/t23-/m0/s1. The maximum Gasteiger partial charge on any atom is 0.295 e. The van der Waals surface area contributed by atoms with Gasteiger partial charge in [-0.1, -0.05) is 12.1 Å². The molecule has 0 aromatic heterocycles. The molecule has 34 heavy (non-hydrogen) atoms. The molecule has 8 heteroatoms. The van der Waals surface area contributed by atoms with E-state index in [9.17, 15) is 19.8 Å². The van der Waals surface area contributed by atoms with E-state index in [-0.39, 0.29) is 22.6 Å². The summed E-state index contributed by atoms with van der Waals surface area (Å²) in [6.07, 6.45) is 0. The summed E-state index contributed by atoms with van der Waals surface area (Å²) < 4.78 is 10.8. The van der Waals surface area contributed by atoms with Crippen LogP contribution in [-0.2, 0) is 14.3 Å². The number of nitrogens with zero attached hydrogens (tertiary/aromatic N) is 2. The number of carbonyl (C=O) groups excluding carboxylic acids is 2. The lowest BCUT2D eigenvalue weighted by Crippen LogP contribution is -2.42. The quantitative estimate of drug-likeness (QED) is 0.384. The van der Waals surface area contributed by atoms with Gasteiger partial charge in [0.25, 0.3) is 11.7 Å². The van der Waals surface area contributed by atoms with E-state index in [1.54, 1.807) is 43.5 Å². The molecule has 0 saturated carbocycles. The third kappa shape index (κ3) is 4.51.